The third-order valence-corrected chi connectivity index (χ3v) is 4.59. The quantitative estimate of drug-likeness (QED) is 0.854. The molecule has 2 aromatic rings. The molecule has 0 amide bonds. The van der Waals surface area contributed by atoms with Gasteiger partial charge in [-0.2, -0.15) is 0 Å². The maximum absolute atomic E-state index is 6.04. The molecule has 0 bridgehead atoms. The van der Waals surface area contributed by atoms with E-state index in [2.05, 4.69) is 77.1 Å². The summed E-state index contributed by atoms with van der Waals surface area (Å²) < 4.78 is 0. The molecule has 0 aliphatic heterocycles. The van der Waals surface area contributed by atoms with Gasteiger partial charge in [0.1, 0.15) is 0 Å². The van der Waals surface area contributed by atoms with E-state index >= 15 is 0 Å². The van der Waals surface area contributed by atoms with Crippen molar-refractivity contribution < 1.29 is 0 Å². The van der Waals surface area contributed by atoms with Crippen LogP contribution in [0.1, 0.15) is 54.5 Å². The summed E-state index contributed by atoms with van der Waals surface area (Å²) in [7, 11) is 0. The molecule has 0 radical (unpaired) electrons. The first-order valence-electron chi connectivity index (χ1n) is 8.18. The molecular formula is C21H29N. The monoisotopic (exact) mass is 295 g/mol. The smallest absolute Gasteiger partial charge is 0.000167 e. The lowest BCUT2D eigenvalue weighted by Gasteiger charge is -2.20. The fourth-order valence-electron chi connectivity index (χ4n) is 2.78. The van der Waals surface area contributed by atoms with Crippen molar-refractivity contribution in [3.05, 3.63) is 70.3 Å². The van der Waals surface area contributed by atoms with Gasteiger partial charge in [-0.1, -0.05) is 63.2 Å². The van der Waals surface area contributed by atoms with E-state index in [9.17, 15) is 0 Å². The second-order valence-electron chi connectivity index (χ2n) is 7.43. The molecule has 1 atom stereocenters. The molecule has 0 saturated heterocycles. The minimum Gasteiger partial charge on any atom is -0.330 e. The van der Waals surface area contributed by atoms with E-state index in [0.29, 0.717) is 12.5 Å². The number of nitrogens with two attached hydrogens (primary N) is 1. The molecule has 0 aliphatic carbocycles. The van der Waals surface area contributed by atoms with Crippen molar-refractivity contribution in [1.29, 1.82) is 0 Å². The minimum atomic E-state index is 0.208. The van der Waals surface area contributed by atoms with Crippen LogP contribution in [0.5, 0.6) is 0 Å². The van der Waals surface area contributed by atoms with Gasteiger partial charge in [0, 0.05) is 5.92 Å². The van der Waals surface area contributed by atoms with Crippen molar-refractivity contribution in [3.8, 4) is 0 Å². The minimum absolute atomic E-state index is 0.208. The van der Waals surface area contributed by atoms with Gasteiger partial charge < -0.3 is 5.73 Å². The standard InChI is InChI=1S/C21H29N/c1-15-6-9-18(12-16(15)2)19(14-22)13-17-7-10-20(11-8-17)21(3,4)5/h6-12,19H,13-14,22H2,1-5H3. The lowest BCUT2D eigenvalue weighted by atomic mass is 9.85. The van der Waals surface area contributed by atoms with Gasteiger partial charge in [-0.05, 0) is 60.0 Å². The van der Waals surface area contributed by atoms with Crippen molar-refractivity contribution in [1.82, 2.24) is 0 Å². The molecule has 2 N–H and O–H groups in total. The second kappa shape index (κ2) is 6.66. The van der Waals surface area contributed by atoms with Crippen LogP contribution < -0.4 is 5.73 Å². The van der Waals surface area contributed by atoms with Gasteiger partial charge in [0.15, 0.2) is 0 Å². The average Bonchev–Trinajstić information content (AvgIpc) is 2.47. The highest BCUT2D eigenvalue weighted by molar-refractivity contribution is 5.34. The van der Waals surface area contributed by atoms with Crippen LogP contribution in [0, 0.1) is 13.8 Å². The summed E-state index contributed by atoms with van der Waals surface area (Å²) in [5, 5.41) is 0. The summed E-state index contributed by atoms with van der Waals surface area (Å²) >= 11 is 0. The first-order valence-corrected chi connectivity index (χ1v) is 8.18. The average molecular weight is 295 g/mol. The van der Waals surface area contributed by atoms with Gasteiger partial charge in [0.25, 0.3) is 0 Å². The van der Waals surface area contributed by atoms with Crippen LogP contribution in [0.15, 0.2) is 42.5 Å². The van der Waals surface area contributed by atoms with E-state index in [1.165, 1.54) is 27.8 Å². The number of hydrogen-bond acceptors (Lipinski definition) is 1. The largest absolute Gasteiger partial charge is 0.330 e. The third-order valence-electron chi connectivity index (χ3n) is 4.59. The zero-order valence-electron chi connectivity index (χ0n) is 14.6. The maximum atomic E-state index is 6.04. The van der Waals surface area contributed by atoms with Crippen molar-refractivity contribution in [2.24, 2.45) is 5.73 Å². The molecule has 0 fully saturated rings. The fourth-order valence-corrected chi connectivity index (χ4v) is 2.78. The normalized spacial score (nSPS) is 13.2. The maximum Gasteiger partial charge on any atom is 0.000167 e. The van der Waals surface area contributed by atoms with Crippen LogP contribution >= 0.6 is 0 Å². The Morgan fingerprint density at radius 1 is 0.909 bits per heavy atom. The summed E-state index contributed by atoms with van der Waals surface area (Å²) in [5.41, 5.74) is 13.0. The van der Waals surface area contributed by atoms with Crippen LogP contribution in [0.2, 0.25) is 0 Å². The summed E-state index contributed by atoms with van der Waals surface area (Å²) in [5.74, 6) is 0.389. The summed E-state index contributed by atoms with van der Waals surface area (Å²) in [6.07, 6.45) is 1.00. The van der Waals surface area contributed by atoms with Crippen LogP contribution in [0.4, 0.5) is 0 Å². The molecular weight excluding hydrogens is 266 g/mol. The summed E-state index contributed by atoms with van der Waals surface area (Å²) in [6.45, 7) is 11.8. The first kappa shape index (κ1) is 16.8. The summed E-state index contributed by atoms with van der Waals surface area (Å²) in [4.78, 5) is 0. The zero-order valence-corrected chi connectivity index (χ0v) is 14.6. The van der Waals surface area contributed by atoms with Crippen molar-refractivity contribution in [2.45, 2.75) is 52.4 Å². The van der Waals surface area contributed by atoms with Crippen LogP contribution in [-0.4, -0.2) is 6.54 Å². The first-order chi connectivity index (χ1) is 10.3. The van der Waals surface area contributed by atoms with Gasteiger partial charge in [0.2, 0.25) is 0 Å². The number of aryl methyl sites for hydroxylation is 2. The highest BCUT2D eigenvalue weighted by atomic mass is 14.5. The Morgan fingerprint density at radius 3 is 2.05 bits per heavy atom. The van der Waals surface area contributed by atoms with E-state index in [1.807, 2.05) is 0 Å². The van der Waals surface area contributed by atoms with Gasteiger partial charge in [-0.3, -0.25) is 0 Å². The molecule has 2 aromatic carbocycles. The Balaban J connectivity index is 2.18. The third kappa shape index (κ3) is 3.98. The predicted octanol–water partition coefficient (Wildman–Crippen LogP) is 4.89. The van der Waals surface area contributed by atoms with Crippen molar-refractivity contribution in [3.63, 3.8) is 0 Å². The van der Waals surface area contributed by atoms with Gasteiger partial charge in [-0.25, -0.2) is 0 Å². The van der Waals surface area contributed by atoms with E-state index in [4.69, 9.17) is 5.73 Å². The number of hydrogen-bond donors (Lipinski definition) is 1. The molecule has 1 heteroatoms. The Labute approximate surface area is 135 Å². The van der Waals surface area contributed by atoms with Crippen LogP contribution in [0.3, 0.4) is 0 Å². The van der Waals surface area contributed by atoms with E-state index < -0.39 is 0 Å². The molecule has 22 heavy (non-hydrogen) atoms. The predicted molar refractivity (Wildman–Crippen MR) is 96.6 cm³/mol. The SMILES string of the molecule is Cc1ccc(C(CN)Cc2ccc(C(C)(C)C)cc2)cc1C. The van der Waals surface area contributed by atoms with Crippen molar-refractivity contribution >= 4 is 0 Å². The molecule has 1 unspecified atom stereocenters. The zero-order chi connectivity index (χ0) is 16.3. The van der Waals surface area contributed by atoms with Crippen LogP contribution in [0.25, 0.3) is 0 Å². The molecule has 0 aromatic heterocycles. The number of rotatable bonds is 4. The highest BCUT2D eigenvalue weighted by Gasteiger charge is 2.15. The van der Waals surface area contributed by atoms with Crippen molar-refractivity contribution in [2.75, 3.05) is 6.54 Å². The van der Waals surface area contributed by atoms with E-state index in [1.54, 1.807) is 0 Å². The molecule has 0 spiro atoms. The van der Waals surface area contributed by atoms with Gasteiger partial charge >= 0.3 is 0 Å². The highest BCUT2D eigenvalue weighted by Crippen LogP contribution is 2.25. The van der Waals surface area contributed by atoms with E-state index in [0.717, 1.165) is 6.42 Å². The Hall–Kier alpha value is -1.60. The molecule has 0 saturated carbocycles. The molecule has 0 aliphatic rings. The molecule has 0 heterocycles. The van der Waals surface area contributed by atoms with E-state index in [-0.39, 0.29) is 5.41 Å². The molecule has 1 nitrogen and oxygen atoms in total. The molecule has 2 rings (SSSR count). The van der Waals surface area contributed by atoms with Gasteiger partial charge in [-0.15, -0.1) is 0 Å². The summed E-state index contributed by atoms with van der Waals surface area (Å²) in [6, 6.07) is 15.7. The Bertz CT molecular complexity index is 617. The molecule has 118 valence electrons. The Morgan fingerprint density at radius 2 is 1.55 bits per heavy atom. The Kier molecular flexibility index (Phi) is 5.08. The van der Waals surface area contributed by atoms with Crippen LogP contribution in [-0.2, 0) is 11.8 Å². The topological polar surface area (TPSA) is 26.0 Å². The lowest BCUT2D eigenvalue weighted by molar-refractivity contribution is 0.589. The number of benzene rings is 2. The lowest BCUT2D eigenvalue weighted by Crippen LogP contribution is -2.16. The van der Waals surface area contributed by atoms with Gasteiger partial charge in [0.05, 0.1) is 0 Å². The second-order valence-corrected chi connectivity index (χ2v) is 7.43. The fraction of sp³-hybridized carbons (Fsp3) is 0.429.